The largest absolute Gasteiger partial charge is 0.377 e. The fourth-order valence-corrected chi connectivity index (χ4v) is 3.80. The molecule has 156 valence electrons. The molecule has 0 radical (unpaired) electrons. The molecular formula is C24H39N3O. The fraction of sp³-hybridized carbons (Fsp3) is 0.625. The van der Waals surface area contributed by atoms with E-state index in [4.69, 9.17) is 9.73 Å². The van der Waals surface area contributed by atoms with Gasteiger partial charge in [-0.05, 0) is 59.5 Å². The van der Waals surface area contributed by atoms with Crippen LogP contribution in [0.2, 0.25) is 0 Å². The van der Waals surface area contributed by atoms with Gasteiger partial charge in [0.15, 0.2) is 0 Å². The molecule has 2 aliphatic heterocycles. The molecule has 0 aromatic heterocycles. The van der Waals surface area contributed by atoms with Crippen molar-refractivity contribution < 1.29 is 4.74 Å². The van der Waals surface area contributed by atoms with E-state index in [0.29, 0.717) is 12.1 Å². The summed E-state index contributed by atoms with van der Waals surface area (Å²) in [7, 11) is 0. The monoisotopic (exact) mass is 385 g/mol. The highest BCUT2D eigenvalue weighted by Gasteiger charge is 2.25. The van der Waals surface area contributed by atoms with Gasteiger partial charge in [-0.2, -0.15) is 0 Å². The van der Waals surface area contributed by atoms with Crippen LogP contribution in [0.15, 0.2) is 52.8 Å². The maximum absolute atomic E-state index is 5.58. The van der Waals surface area contributed by atoms with Crippen LogP contribution in [0.3, 0.4) is 0 Å². The fourth-order valence-electron chi connectivity index (χ4n) is 3.80. The smallest absolute Gasteiger partial charge is 0.123 e. The minimum atomic E-state index is 0.312. The van der Waals surface area contributed by atoms with Gasteiger partial charge in [-0.25, -0.2) is 4.99 Å². The van der Waals surface area contributed by atoms with E-state index >= 15 is 0 Å². The van der Waals surface area contributed by atoms with Crippen molar-refractivity contribution in [1.82, 2.24) is 9.80 Å². The van der Waals surface area contributed by atoms with Gasteiger partial charge in [0.25, 0.3) is 0 Å². The Labute approximate surface area is 172 Å². The number of nitrogens with zero attached hydrogens (tertiary/aromatic N) is 3. The second-order valence-corrected chi connectivity index (χ2v) is 8.49. The van der Waals surface area contributed by atoms with Gasteiger partial charge in [0.05, 0.1) is 19.3 Å². The average Bonchev–Trinajstić information content (AvgIpc) is 2.64. The first kappa shape index (κ1) is 22.5. The van der Waals surface area contributed by atoms with Gasteiger partial charge in [0, 0.05) is 25.6 Å². The Bertz CT molecular complexity index is 655. The molecule has 0 bridgehead atoms. The lowest BCUT2D eigenvalue weighted by molar-refractivity contribution is 0.0165. The molecular weight excluding hydrogens is 346 g/mol. The first-order valence-corrected chi connectivity index (χ1v) is 10.7. The Kier molecular flexibility index (Phi) is 8.56. The molecule has 28 heavy (non-hydrogen) atoms. The number of allylic oxidation sites excluding steroid dienone is 4. The molecule has 0 spiro atoms. The Balaban J connectivity index is 2.32. The molecule has 0 unspecified atom stereocenters. The Morgan fingerprint density at radius 1 is 1.04 bits per heavy atom. The average molecular weight is 386 g/mol. The van der Waals surface area contributed by atoms with Crippen molar-refractivity contribution in [2.24, 2.45) is 4.99 Å². The molecule has 2 saturated heterocycles. The lowest BCUT2D eigenvalue weighted by atomic mass is 9.99. The van der Waals surface area contributed by atoms with Gasteiger partial charge in [0.2, 0.25) is 0 Å². The Hall–Kier alpha value is -1.81. The van der Waals surface area contributed by atoms with E-state index in [9.17, 15) is 0 Å². The van der Waals surface area contributed by atoms with Crippen molar-refractivity contribution >= 4 is 5.84 Å². The van der Waals surface area contributed by atoms with Crippen molar-refractivity contribution in [3.05, 3.63) is 47.9 Å². The summed E-state index contributed by atoms with van der Waals surface area (Å²) >= 11 is 0. The highest BCUT2D eigenvalue weighted by Crippen LogP contribution is 2.24. The lowest BCUT2D eigenvalue weighted by Crippen LogP contribution is -2.44. The van der Waals surface area contributed by atoms with E-state index in [1.165, 1.54) is 30.4 Å². The lowest BCUT2D eigenvalue weighted by Gasteiger charge is -2.38. The summed E-state index contributed by atoms with van der Waals surface area (Å²) in [6.45, 7) is 22.7. The predicted molar refractivity (Wildman–Crippen MR) is 121 cm³/mol. The van der Waals surface area contributed by atoms with E-state index in [1.54, 1.807) is 0 Å². The number of likely N-dealkylation sites (tertiary alicyclic amines) is 1. The maximum Gasteiger partial charge on any atom is 0.123 e. The summed E-state index contributed by atoms with van der Waals surface area (Å²) < 4.78 is 5.58. The number of aliphatic imine (C=N–C) groups is 1. The highest BCUT2D eigenvalue weighted by molar-refractivity contribution is 5.86. The number of rotatable bonds is 6. The molecule has 0 aromatic rings. The number of hydrogen-bond acceptors (Lipinski definition) is 3. The van der Waals surface area contributed by atoms with Crippen LogP contribution in [0.5, 0.6) is 0 Å². The van der Waals surface area contributed by atoms with E-state index in [-0.39, 0.29) is 0 Å². The third-order valence-corrected chi connectivity index (χ3v) is 5.61. The predicted octanol–water partition coefficient (Wildman–Crippen LogP) is 5.31. The quantitative estimate of drug-likeness (QED) is 0.352. The summed E-state index contributed by atoms with van der Waals surface area (Å²) in [5, 5.41) is 0. The number of ether oxygens (including phenoxy) is 1. The Morgan fingerprint density at radius 2 is 1.79 bits per heavy atom. The van der Waals surface area contributed by atoms with Crippen LogP contribution in [-0.2, 0) is 4.74 Å². The van der Waals surface area contributed by atoms with E-state index in [1.807, 2.05) is 0 Å². The van der Waals surface area contributed by atoms with Crippen molar-refractivity contribution in [1.29, 1.82) is 0 Å². The first-order chi connectivity index (χ1) is 13.3. The summed E-state index contributed by atoms with van der Waals surface area (Å²) in [5.74, 6) is 1.97. The molecule has 0 aromatic carbocycles. The molecule has 0 saturated carbocycles. The molecule has 2 atom stereocenters. The second kappa shape index (κ2) is 10.7. The molecule has 0 amide bonds. The number of hydrogen-bond donors (Lipinski definition) is 0. The van der Waals surface area contributed by atoms with E-state index < -0.39 is 0 Å². The topological polar surface area (TPSA) is 28.1 Å². The van der Waals surface area contributed by atoms with Crippen LogP contribution in [0.25, 0.3) is 0 Å². The minimum Gasteiger partial charge on any atom is -0.377 e. The van der Waals surface area contributed by atoms with E-state index in [2.05, 4.69) is 69.7 Å². The van der Waals surface area contributed by atoms with Crippen LogP contribution in [0.4, 0.5) is 0 Å². The normalized spacial score (nSPS) is 24.2. The highest BCUT2D eigenvalue weighted by atomic mass is 16.5. The van der Waals surface area contributed by atoms with Gasteiger partial charge in [0.1, 0.15) is 11.7 Å². The van der Waals surface area contributed by atoms with Crippen molar-refractivity contribution in [3.8, 4) is 0 Å². The van der Waals surface area contributed by atoms with Gasteiger partial charge < -0.3 is 14.5 Å². The zero-order valence-corrected chi connectivity index (χ0v) is 18.6. The number of morpholine rings is 1. The zero-order valence-electron chi connectivity index (χ0n) is 18.6. The van der Waals surface area contributed by atoms with Crippen LogP contribution in [0.1, 0.15) is 60.3 Å². The first-order valence-electron chi connectivity index (χ1n) is 10.7. The Morgan fingerprint density at radius 3 is 2.39 bits per heavy atom. The third kappa shape index (κ3) is 6.37. The maximum atomic E-state index is 5.58. The van der Waals surface area contributed by atoms with Crippen LogP contribution >= 0.6 is 0 Å². The summed E-state index contributed by atoms with van der Waals surface area (Å²) in [6.07, 6.45) is 8.90. The van der Waals surface area contributed by atoms with Gasteiger partial charge in [-0.15, -0.1) is 0 Å². The molecule has 0 aliphatic carbocycles. The molecule has 2 rings (SSSR count). The van der Waals surface area contributed by atoms with Crippen LogP contribution < -0.4 is 0 Å². The molecule has 2 heterocycles. The molecule has 2 aliphatic rings. The summed E-state index contributed by atoms with van der Waals surface area (Å²) in [5.41, 5.74) is 3.62. The molecule has 2 fully saturated rings. The van der Waals surface area contributed by atoms with Gasteiger partial charge in [-0.3, -0.25) is 0 Å². The molecule has 4 nitrogen and oxygen atoms in total. The summed E-state index contributed by atoms with van der Waals surface area (Å²) in [4.78, 5) is 9.85. The number of piperidine rings is 1. The third-order valence-electron chi connectivity index (χ3n) is 5.61. The van der Waals surface area contributed by atoms with Gasteiger partial charge >= 0.3 is 0 Å². The van der Waals surface area contributed by atoms with Crippen molar-refractivity contribution in [2.75, 3.05) is 26.3 Å². The SMILES string of the molecule is C=C(C)/C(=C\C=C(C)C)CC(=NC(=C)N1CCOC[C@@H]1C)N1CCCC[C@@H]1C. The number of amidine groups is 1. The van der Waals surface area contributed by atoms with Gasteiger partial charge in [-0.1, -0.05) is 36.5 Å². The second-order valence-electron chi connectivity index (χ2n) is 8.49. The zero-order chi connectivity index (χ0) is 20.7. The molecule has 4 heteroatoms. The van der Waals surface area contributed by atoms with Crippen LogP contribution in [0, 0.1) is 0 Å². The summed E-state index contributed by atoms with van der Waals surface area (Å²) in [6, 6.07) is 0.823. The van der Waals surface area contributed by atoms with Crippen molar-refractivity contribution in [2.45, 2.75) is 72.4 Å². The van der Waals surface area contributed by atoms with E-state index in [0.717, 1.165) is 50.0 Å². The van der Waals surface area contributed by atoms with Crippen LogP contribution in [-0.4, -0.2) is 54.0 Å². The molecule has 0 N–H and O–H groups in total. The standard InChI is InChI=1S/C24H39N3O/c1-18(2)11-12-23(19(3)4)16-24(27-13-9-8-10-20(27)5)25-22(7)26-14-15-28-17-21(26)6/h11-12,20-21H,3,7-10,13-17H2,1-2,4-6H3/b23-12-,25-24?/t20-,21-/m0/s1. The van der Waals surface area contributed by atoms with Crippen molar-refractivity contribution in [3.63, 3.8) is 0 Å². The minimum absolute atomic E-state index is 0.312.